The van der Waals surface area contributed by atoms with Crippen LogP contribution in [-0.2, 0) is 4.12 Å². The summed E-state index contributed by atoms with van der Waals surface area (Å²) in [5.74, 6) is 0. The van der Waals surface area contributed by atoms with Crippen molar-refractivity contribution in [1.29, 1.82) is 0 Å². The first-order chi connectivity index (χ1) is 4.44. The van der Waals surface area contributed by atoms with E-state index in [1.165, 1.54) is 5.57 Å². The lowest BCUT2D eigenvalue weighted by atomic mass is 10.2. The van der Waals surface area contributed by atoms with Gasteiger partial charge in [0.2, 0.25) is 10.5 Å². The molecule has 0 saturated heterocycles. The molecule has 0 spiro atoms. The second-order valence-corrected chi connectivity index (χ2v) is 10.1. The van der Waals surface area contributed by atoms with E-state index in [9.17, 15) is 0 Å². The Morgan fingerprint density at radius 3 is 2.30 bits per heavy atom. The SMILES string of the molecule is CC1=C[Si@]([Si])(O[Si])[C@]1(C)[Si]. The summed E-state index contributed by atoms with van der Waals surface area (Å²) in [5.41, 5.74) is 3.47. The van der Waals surface area contributed by atoms with Gasteiger partial charge in [0.15, 0.2) is 7.83 Å². The monoisotopic (exact) mass is 195 g/mol. The molecule has 0 aromatic rings. The molecule has 49 valence electrons. The van der Waals surface area contributed by atoms with Gasteiger partial charge in [-0.3, -0.25) is 0 Å². The fraction of sp³-hybridized carbons (Fsp3) is 0.600. The van der Waals surface area contributed by atoms with E-state index in [0.717, 1.165) is 0 Å². The first-order valence-electron chi connectivity index (χ1n) is 2.99. The fourth-order valence-corrected chi connectivity index (χ4v) is 5.74. The van der Waals surface area contributed by atoms with E-state index >= 15 is 0 Å². The van der Waals surface area contributed by atoms with Gasteiger partial charge in [-0.1, -0.05) is 18.2 Å². The minimum Gasteiger partial charge on any atom is -0.456 e. The zero-order valence-electron chi connectivity index (χ0n) is 5.99. The van der Waals surface area contributed by atoms with Crippen LogP contribution in [0.2, 0.25) is 4.66 Å². The number of hydrogen-bond donors (Lipinski definition) is 0. The van der Waals surface area contributed by atoms with E-state index in [2.05, 4.69) is 50.0 Å². The van der Waals surface area contributed by atoms with Crippen molar-refractivity contribution in [1.82, 2.24) is 0 Å². The smallest absolute Gasteiger partial charge is 0.230 e. The summed E-state index contributed by atoms with van der Waals surface area (Å²) in [5, 5.41) is 0. The molecule has 0 bridgehead atoms. The van der Waals surface area contributed by atoms with Crippen molar-refractivity contribution < 1.29 is 4.12 Å². The Kier molecular flexibility index (Phi) is 1.97. The molecule has 1 nitrogen and oxygen atoms in total. The molecule has 2 atom stereocenters. The zero-order valence-corrected chi connectivity index (χ0v) is 9.99. The maximum atomic E-state index is 5.19. The maximum absolute atomic E-state index is 5.19. The van der Waals surface area contributed by atoms with Crippen molar-refractivity contribution in [2.24, 2.45) is 0 Å². The molecule has 0 amide bonds. The Hall–Kier alpha value is 0.568. The zero-order chi connectivity index (χ0) is 7.99. The Balaban J connectivity index is 2.90. The summed E-state index contributed by atoms with van der Waals surface area (Å²) in [7, 11) is 8.56. The van der Waals surface area contributed by atoms with Crippen LogP contribution in [-0.4, -0.2) is 38.3 Å². The third-order valence-corrected chi connectivity index (χ3v) is 11.2. The Bertz CT molecular complexity index is 188. The molecule has 0 aromatic heterocycles. The molecular formula is C5H7OSi4. The molecule has 0 saturated carbocycles. The van der Waals surface area contributed by atoms with E-state index < -0.39 is 7.83 Å². The molecule has 0 fully saturated rings. The standard InChI is InChI=1S/C5H7OSi4/c1-4-3-10(9,6-8)5(4,2)7/h3H,1-2H3/t5-,10+/m0/s1. The van der Waals surface area contributed by atoms with E-state index in [4.69, 9.17) is 4.12 Å². The maximum Gasteiger partial charge on any atom is 0.230 e. The lowest BCUT2D eigenvalue weighted by Crippen LogP contribution is -2.56. The molecule has 10 heavy (non-hydrogen) atoms. The summed E-state index contributed by atoms with van der Waals surface area (Å²) in [6, 6.07) is 0. The van der Waals surface area contributed by atoms with Crippen LogP contribution in [0.5, 0.6) is 0 Å². The van der Waals surface area contributed by atoms with Crippen molar-refractivity contribution in [3.63, 3.8) is 0 Å². The predicted molar refractivity (Wildman–Crippen MR) is 46.2 cm³/mol. The molecule has 5 heteroatoms. The molecule has 1 aliphatic rings. The molecule has 0 aliphatic carbocycles. The fourth-order valence-electron chi connectivity index (χ4n) is 0.940. The normalized spacial score (nSPS) is 46.3. The largest absolute Gasteiger partial charge is 0.456 e. The molecule has 1 rings (SSSR count). The van der Waals surface area contributed by atoms with Crippen LogP contribution in [0.15, 0.2) is 11.3 Å². The Morgan fingerprint density at radius 1 is 1.70 bits per heavy atom. The minimum absolute atomic E-state index is 0.0334. The number of allylic oxidation sites excluding steroid dienone is 1. The summed E-state index contributed by atoms with van der Waals surface area (Å²) in [6.45, 7) is 4.20. The molecule has 9 radical (unpaired) electrons. The number of hydrogen-bond acceptors (Lipinski definition) is 1. The van der Waals surface area contributed by atoms with E-state index in [1.807, 2.05) is 0 Å². The van der Waals surface area contributed by atoms with Gasteiger partial charge in [0.1, 0.15) is 0 Å². The summed E-state index contributed by atoms with van der Waals surface area (Å²) in [4.78, 5) is 0. The molecule has 1 aliphatic heterocycles. The van der Waals surface area contributed by atoms with Crippen LogP contribution in [0.3, 0.4) is 0 Å². The topological polar surface area (TPSA) is 9.23 Å². The lowest BCUT2D eigenvalue weighted by Gasteiger charge is -2.48. The number of rotatable bonds is 1. The highest BCUT2D eigenvalue weighted by molar-refractivity contribution is 7.23. The van der Waals surface area contributed by atoms with Gasteiger partial charge in [0.05, 0.1) is 9.76 Å². The van der Waals surface area contributed by atoms with Gasteiger partial charge in [-0.25, -0.2) is 0 Å². The lowest BCUT2D eigenvalue weighted by molar-refractivity contribution is 0.589. The highest BCUT2D eigenvalue weighted by Crippen LogP contribution is 2.48. The van der Waals surface area contributed by atoms with E-state index in [0.29, 0.717) is 0 Å². The second kappa shape index (κ2) is 2.28. The minimum atomic E-state index is -1.79. The second-order valence-electron chi connectivity index (χ2n) is 2.79. The van der Waals surface area contributed by atoms with Crippen LogP contribution >= 0.6 is 0 Å². The average molecular weight is 195 g/mol. The molecule has 1 heterocycles. The van der Waals surface area contributed by atoms with Gasteiger partial charge in [-0.2, -0.15) is 0 Å². The quantitative estimate of drug-likeness (QED) is 0.539. The van der Waals surface area contributed by atoms with Crippen LogP contribution in [0.4, 0.5) is 0 Å². The first kappa shape index (κ1) is 8.66. The van der Waals surface area contributed by atoms with Crippen molar-refractivity contribution in [3.8, 4) is 0 Å². The van der Waals surface area contributed by atoms with E-state index in [1.54, 1.807) is 0 Å². The highest BCUT2D eigenvalue weighted by atomic mass is 29.2. The highest BCUT2D eigenvalue weighted by Gasteiger charge is 2.50. The Morgan fingerprint density at radius 2 is 2.20 bits per heavy atom. The van der Waals surface area contributed by atoms with Gasteiger partial charge < -0.3 is 4.12 Å². The summed E-state index contributed by atoms with van der Waals surface area (Å²) >= 11 is 0. The van der Waals surface area contributed by atoms with Crippen LogP contribution < -0.4 is 0 Å². The van der Waals surface area contributed by atoms with Gasteiger partial charge in [-0.05, 0) is 11.6 Å². The van der Waals surface area contributed by atoms with Crippen molar-refractivity contribution in [2.75, 3.05) is 0 Å². The van der Waals surface area contributed by atoms with Crippen LogP contribution in [0.1, 0.15) is 13.8 Å². The molecule has 0 N–H and O–H groups in total. The van der Waals surface area contributed by atoms with Crippen LogP contribution in [0.25, 0.3) is 0 Å². The predicted octanol–water partition coefficient (Wildman–Crippen LogP) is 0.0826. The summed E-state index contributed by atoms with van der Waals surface area (Å²) in [6.07, 6.45) is 0. The van der Waals surface area contributed by atoms with Crippen molar-refractivity contribution in [3.05, 3.63) is 11.3 Å². The first-order valence-corrected chi connectivity index (χ1v) is 7.38. The third kappa shape index (κ3) is 0.883. The van der Waals surface area contributed by atoms with Gasteiger partial charge in [0, 0.05) is 10.2 Å². The average Bonchev–Trinajstić information content (AvgIpc) is 1.88. The molecule has 0 unspecified atom stereocenters. The van der Waals surface area contributed by atoms with Crippen LogP contribution in [0, 0.1) is 0 Å². The van der Waals surface area contributed by atoms with Crippen molar-refractivity contribution >= 4 is 38.3 Å². The van der Waals surface area contributed by atoms with Gasteiger partial charge >= 0.3 is 0 Å². The summed E-state index contributed by atoms with van der Waals surface area (Å²) < 4.78 is 5.23. The van der Waals surface area contributed by atoms with Gasteiger partial charge in [-0.15, -0.1) is 0 Å². The molecule has 0 aromatic carbocycles. The Labute approximate surface area is 72.5 Å². The third-order valence-electron chi connectivity index (χ3n) is 2.11. The van der Waals surface area contributed by atoms with E-state index in [-0.39, 0.29) is 4.66 Å². The molecular weight excluding hydrogens is 188 g/mol. The van der Waals surface area contributed by atoms with Crippen molar-refractivity contribution in [2.45, 2.75) is 18.5 Å². The van der Waals surface area contributed by atoms with Gasteiger partial charge in [0.25, 0.3) is 0 Å².